The minimum Gasteiger partial charge on any atom is -0.394 e. The molecule has 1 saturated heterocycles. The van der Waals surface area contributed by atoms with Crippen LogP contribution in [-0.2, 0) is 36.2 Å². The summed E-state index contributed by atoms with van der Waals surface area (Å²) in [6, 6.07) is 0. The predicted octanol–water partition coefficient (Wildman–Crippen LogP) is -1.57. The first kappa shape index (κ1) is 21.0. The fourth-order valence-corrected chi connectivity index (χ4v) is 4.55. The minimum absolute atomic E-state index is 0.175. The molecule has 0 radical (unpaired) electrons. The Bertz CT molecular complexity index is 1300. The van der Waals surface area contributed by atoms with Crippen LogP contribution in [0.25, 0.3) is 22.7 Å². The summed E-state index contributed by atoms with van der Waals surface area (Å²) in [5.41, 5.74) is 0.408. The molecule has 0 unspecified atom stereocenters. The van der Waals surface area contributed by atoms with E-state index in [0.717, 1.165) is 4.57 Å². The van der Waals surface area contributed by atoms with E-state index in [1.54, 1.807) is 23.1 Å². The second-order valence-corrected chi connectivity index (χ2v) is 8.60. The highest BCUT2D eigenvalue weighted by Gasteiger charge is 2.45. The summed E-state index contributed by atoms with van der Waals surface area (Å²) in [5, 5.41) is 27.7. The number of nitrogens with zero attached hydrogens (tertiary/aromatic N) is 7. The van der Waals surface area contributed by atoms with Crippen molar-refractivity contribution in [3.05, 3.63) is 27.0 Å². The van der Waals surface area contributed by atoms with Gasteiger partial charge in [0.25, 0.3) is 5.56 Å². The highest BCUT2D eigenvalue weighted by atomic mass is 16.8. The van der Waals surface area contributed by atoms with E-state index in [1.807, 2.05) is 4.57 Å². The zero-order valence-corrected chi connectivity index (χ0v) is 18.0. The van der Waals surface area contributed by atoms with Gasteiger partial charge in [0.15, 0.2) is 22.8 Å². The predicted molar refractivity (Wildman–Crippen MR) is 110 cm³/mol. The van der Waals surface area contributed by atoms with Crippen molar-refractivity contribution in [2.75, 3.05) is 6.61 Å². The van der Waals surface area contributed by atoms with Crippen LogP contribution in [-0.4, -0.2) is 74.6 Å². The molecule has 3 atom stereocenters. The maximum absolute atomic E-state index is 12.7. The summed E-state index contributed by atoms with van der Waals surface area (Å²) in [4.78, 5) is 29.9. The fraction of sp³-hybridized carbons (Fsp3) is 0.632. The van der Waals surface area contributed by atoms with Gasteiger partial charge in [0.2, 0.25) is 0 Å². The molecule has 5 heterocycles. The first-order valence-electron chi connectivity index (χ1n) is 10.5. The molecule has 172 valence electrons. The number of hydrogen-bond donors (Lipinski definition) is 2. The normalized spacial score (nSPS) is 23.2. The highest BCUT2D eigenvalue weighted by Crippen LogP contribution is 2.32. The topological polar surface area (TPSA) is 151 Å². The van der Waals surface area contributed by atoms with Crippen LogP contribution < -0.4 is 11.2 Å². The van der Waals surface area contributed by atoms with Gasteiger partial charge in [-0.05, 0) is 20.3 Å². The first-order chi connectivity index (χ1) is 15.2. The van der Waals surface area contributed by atoms with Crippen molar-refractivity contribution in [2.24, 2.45) is 7.05 Å². The van der Waals surface area contributed by atoms with Crippen molar-refractivity contribution >= 4 is 11.2 Å². The van der Waals surface area contributed by atoms with Crippen molar-refractivity contribution in [1.29, 1.82) is 0 Å². The van der Waals surface area contributed by atoms with Gasteiger partial charge in [0.1, 0.15) is 24.0 Å². The molecule has 0 saturated carbocycles. The number of aliphatic hydroxyl groups excluding tert-OH is 2. The minimum atomic E-state index is -1.12. The van der Waals surface area contributed by atoms with Crippen molar-refractivity contribution in [1.82, 2.24) is 33.7 Å². The van der Waals surface area contributed by atoms with Crippen LogP contribution in [0.2, 0.25) is 0 Å². The van der Waals surface area contributed by atoms with E-state index in [9.17, 15) is 19.8 Å². The van der Waals surface area contributed by atoms with Gasteiger partial charge in [-0.2, -0.15) is 0 Å². The fourth-order valence-electron chi connectivity index (χ4n) is 4.55. The third-order valence-corrected chi connectivity index (χ3v) is 5.97. The Hall–Kier alpha value is -2.87. The molecule has 13 nitrogen and oxygen atoms in total. The van der Waals surface area contributed by atoms with Crippen LogP contribution in [0.5, 0.6) is 0 Å². The Morgan fingerprint density at radius 1 is 1.25 bits per heavy atom. The van der Waals surface area contributed by atoms with E-state index in [-0.39, 0.29) is 17.8 Å². The molecule has 2 aliphatic rings. The van der Waals surface area contributed by atoms with Gasteiger partial charge >= 0.3 is 5.69 Å². The summed E-state index contributed by atoms with van der Waals surface area (Å²) in [5.74, 6) is -0.471. The summed E-state index contributed by atoms with van der Waals surface area (Å²) in [7, 11) is 1.44. The van der Waals surface area contributed by atoms with Crippen LogP contribution in [0.15, 0.2) is 15.8 Å². The maximum Gasteiger partial charge on any atom is 0.332 e. The first-order valence-corrected chi connectivity index (χ1v) is 10.5. The Labute approximate surface area is 181 Å². The lowest BCUT2D eigenvalue weighted by molar-refractivity contribution is -0.157. The summed E-state index contributed by atoms with van der Waals surface area (Å²) >= 11 is 0. The van der Waals surface area contributed by atoms with Gasteiger partial charge in [0.05, 0.1) is 19.3 Å². The number of hydrogen-bond acceptors (Lipinski definition) is 9. The average molecular weight is 447 g/mol. The zero-order valence-electron chi connectivity index (χ0n) is 18.0. The molecule has 0 spiro atoms. The molecular formula is C19H25N7O6. The number of aromatic nitrogens is 7. The van der Waals surface area contributed by atoms with Crippen molar-refractivity contribution in [2.45, 2.75) is 64.0 Å². The van der Waals surface area contributed by atoms with Crippen molar-refractivity contribution in [3.8, 4) is 11.5 Å². The van der Waals surface area contributed by atoms with E-state index >= 15 is 0 Å². The second-order valence-electron chi connectivity index (χ2n) is 8.60. The SMILES string of the molecule is Cn1c(=O)c2nc(-c3cnnn3C[C@H]3OC(C)(C)O[C@@H]3[C@@H](O)CO)n3c2n(c1=O)CCC3. The number of imidazole rings is 1. The molecule has 3 aromatic rings. The van der Waals surface area contributed by atoms with Crippen molar-refractivity contribution in [3.63, 3.8) is 0 Å². The Morgan fingerprint density at radius 2 is 2.00 bits per heavy atom. The standard InChI is InChI=1S/C19H25N7O6/c1-19(2)31-12(14(32-19)11(28)9-27)8-26-10(7-20-22-26)15-21-13-16-24(15)5-4-6-25(16)18(30)23(3)17(13)29/h7,11-12,14,27-28H,4-6,8-9H2,1-3H3/t11-,12+,14+/m0/s1. The smallest absolute Gasteiger partial charge is 0.332 e. The zero-order chi connectivity index (χ0) is 22.8. The van der Waals surface area contributed by atoms with Crippen molar-refractivity contribution < 1.29 is 19.7 Å². The number of rotatable bonds is 5. The molecular weight excluding hydrogens is 422 g/mol. The van der Waals surface area contributed by atoms with Gasteiger partial charge in [-0.25, -0.2) is 14.5 Å². The van der Waals surface area contributed by atoms with Crippen LogP contribution in [0.3, 0.4) is 0 Å². The highest BCUT2D eigenvalue weighted by molar-refractivity contribution is 5.76. The van der Waals surface area contributed by atoms with Crippen LogP contribution in [0.4, 0.5) is 0 Å². The second kappa shape index (κ2) is 7.33. The van der Waals surface area contributed by atoms with Gasteiger partial charge in [0, 0.05) is 20.1 Å². The monoisotopic (exact) mass is 447 g/mol. The number of aliphatic hydroxyl groups is 2. The van der Waals surface area contributed by atoms with E-state index < -0.39 is 36.3 Å². The number of ether oxygens (including phenoxy) is 2. The van der Waals surface area contributed by atoms with E-state index in [4.69, 9.17) is 9.47 Å². The Kier molecular flexibility index (Phi) is 4.81. The summed E-state index contributed by atoms with van der Waals surface area (Å²) in [6.45, 7) is 4.26. The molecule has 2 N–H and O–H groups in total. The van der Waals surface area contributed by atoms with E-state index in [0.29, 0.717) is 36.7 Å². The average Bonchev–Trinajstić information content (AvgIpc) is 3.45. The number of aryl methyl sites for hydroxylation is 2. The molecule has 2 aliphatic heterocycles. The Morgan fingerprint density at radius 3 is 2.75 bits per heavy atom. The molecule has 1 fully saturated rings. The molecule has 3 aromatic heterocycles. The van der Waals surface area contributed by atoms with Crippen LogP contribution in [0.1, 0.15) is 20.3 Å². The molecule has 0 bridgehead atoms. The van der Waals surface area contributed by atoms with E-state index in [1.165, 1.54) is 13.2 Å². The molecule has 32 heavy (non-hydrogen) atoms. The maximum atomic E-state index is 12.7. The quantitative estimate of drug-likeness (QED) is 0.473. The lowest BCUT2D eigenvalue weighted by atomic mass is 10.1. The van der Waals surface area contributed by atoms with Gasteiger partial charge in [-0.3, -0.25) is 13.9 Å². The van der Waals surface area contributed by atoms with Crippen LogP contribution >= 0.6 is 0 Å². The van der Waals surface area contributed by atoms with Gasteiger partial charge in [-0.15, -0.1) is 5.10 Å². The van der Waals surface area contributed by atoms with Gasteiger partial charge in [-0.1, -0.05) is 5.21 Å². The molecule has 0 amide bonds. The lowest BCUT2D eigenvalue weighted by Gasteiger charge is -2.21. The summed E-state index contributed by atoms with van der Waals surface area (Å²) in [6.07, 6.45) is -0.248. The largest absolute Gasteiger partial charge is 0.394 e. The molecule has 5 rings (SSSR count). The van der Waals surface area contributed by atoms with Gasteiger partial charge < -0.3 is 24.3 Å². The lowest BCUT2D eigenvalue weighted by Crippen LogP contribution is -2.40. The van der Waals surface area contributed by atoms with E-state index in [2.05, 4.69) is 15.3 Å². The molecule has 0 aliphatic carbocycles. The third-order valence-electron chi connectivity index (χ3n) is 5.97. The Balaban J connectivity index is 1.59. The summed E-state index contributed by atoms with van der Waals surface area (Å²) < 4.78 is 17.7. The third kappa shape index (κ3) is 3.11. The van der Waals surface area contributed by atoms with Crippen LogP contribution in [0, 0.1) is 0 Å². The molecule has 0 aromatic carbocycles. The molecule has 13 heteroatoms.